The predicted octanol–water partition coefficient (Wildman–Crippen LogP) is 3.01. The first-order valence-corrected chi connectivity index (χ1v) is 9.00. The van der Waals surface area contributed by atoms with E-state index in [4.69, 9.17) is 23.8 Å². The summed E-state index contributed by atoms with van der Waals surface area (Å²) >= 11 is 13.5. The summed E-state index contributed by atoms with van der Waals surface area (Å²) in [4.78, 5) is 1.32. The first-order valence-electron chi connectivity index (χ1n) is 7.27. The monoisotopic (exact) mass is 365 g/mol. The van der Waals surface area contributed by atoms with Crippen molar-refractivity contribution in [3.63, 3.8) is 0 Å². The maximum atomic E-state index is 6.29. The van der Waals surface area contributed by atoms with E-state index in [1.165, 1.54) is 10.5 Å². The second-order valence-corrected chi connectivity index (χ2v) is 7.12. The SMILES string of the molecule is Cn1c(-c2ccccc2Cl)nn(C[NH+](C)Cc2ccsc2)c1=S. The fourth-order valence-corrected chi connectivity index (χ4v) is 3.60. The molecule has 0 amide bonds. The number of quaternary nitrogens is 1. The number of hydrogen-bond acceptors (Lipinski definition) is 3. The molecule has 0 spiro atoms. The molecule has 3 rings (SSSR count). The van der Waals surface area contributed by atoms with Gasteiger partial charge in [0.15, 0.2) is 12.5 Å². The lowest BCUT2D eigenvalue weighted by Crippen LogP contribution is -3.06. The highest BCUT2D eigenvalue weighted by Gasteiger charge is 2.15. The molecule has 4 nitrogen and oxygen atoms in total. The van der Waals surface area contributed by atoms with Gasteiger partial charge in [0.1, 0.15) is 6.54 Å². The zero-order chi connectivity index (χ0) is 16.4. The van der Waals surface area contributed by atoms with Crippen molar-refractivity contribution >= 4 is 35.2 Å². The smallest absolute Gasteiger partial charge is 0.202 e. The Labute approximate surface area is 149 Å². The van der Waals surface area contributed by atoms with E-state index in [1.54, 1.807) is 11.3 Å². The van der Waals surface area contributed by atoms with Crippen LogP contribution in [0.15, 0.2) is 41.1 Å². The molecule has 0 aliphatic carbocycles. The van der Waals surface area contributed by atoms with Crippen LogP contribution in [0.5, 0.6) is 0 Å². The average Bonchev–Trinajstić information content (AvgIpc) is 3.12. The zero-order valence-corrected chi connectivity index (χ0v) is 15.4. The number of halogens is 1. The van der Waals surface area contributed by atoms with E-state index in [9.17, 15) is 0 Å². The van der Waals surface area contributed by atoms with E-state index in [0.717, 1.165) is 17.9 Å². The molecule has 0 aliphatic heterocycles. The van der Waals surface area contributed by atoms with Gasteiger partial charge >= 0.3 is 0 Å². The fraction of sp³-hybridized carbons (Fsp3) is 0.250. The molecule has 2 heterocycles. The molecule has 23 heavy (non-hydrogen) atoms. The number of rotatable bonds is 5. The van der Waals surface area contributed by atoms with Gasteiger partial charge in [-0.05, 0) is 41.2 Å². The molecular formula is C16H18ClN4S2+. The van der Waals surface area contributed by atoms with Crippen LogP contribution in [0.25, 0.3) is 11.4 Å². The van der Waals surface area contributed by atoms with Gasteiger partial charge in [-0.3, -0.25) is 0 Å². The molecule has 3 aromatic rings. The molecule has 1 unspecified atom stereocenters. The van der Waals surface area contributed by atoms with Crippen LogP contribution in [0.1, 0.15) is 5.56 Å². The fourth-order valence-electron chi connectivity index (χ4n) is 2.52. The Hall–Kier alpha value is -1.47. The molecule has 2 aromatic heterocycles. The lowest BCUT2D eigenvalue weighted by atomic mass is 10.2. The third-order valence-corrected chi connectivity index (χ3v) is 5.21. The summed E-state index contributed by atoms with van der Waals surface area (Å²) in [5.41, 5.74) is 2.23. The van der Waals surface area contributed by atoms with E-state index < -0.39 is 0 Å². The molecule has 0 aliphatic rings. The van der Waals surface area contributed by atoms with Crippen molar-refractivity contribution in [2.75, 3.05) is 7.05 Å². The molecule has 120 valence electrons. The third kappa shape index (κ3) is 3.55. The summed E-state index contributed by atoms with van der Waals surface area (Å²) in [6.45, 7) is 1.66. The number of nitrogens with zero attached hydrogens (tertiary/aromatic N) is 3. The molecular weight excluding hydrogens is 348 g/mol. The maximum Gasteiger partial charge on any atom is 0.202 e. The molecule has 0 bridgehead atoms. The van der Waals surface area contributed by atoms with Crippen LogP contribution in [0, 0.1) is 4.77 Å². The molecule has 0 radical (unpaired) electrons. The molecule has 0 fully saturated rings. The van der Waals surface area contributed by atoms with Gasteiger partial charge in [-0.25, -0.2) is 0 Å². The van der Waals surface area contributed by atoms with Crippen molar-refractivity contribution in [3.05, 3.63) is 56.4 Å². The van der Waals surface area contributed by atoms with E-state index >= 15 is 0 Å². The van der Waals surface area contributed by atoms with Gasteiger partial charge in [0.25, 0.3) is 0 Å². The summed E-state index contributed by atoms with van der Waals surface area (Å²) in [5.74, 6) is 0.795. The maximum absolute atomic E-state index is 6.29. The molecule has 1 aromatic carbocycles. The van der Waals surface area contributed by atoms with Crippen LogP contribution in [-0.4, -0.2) is 21.4 Å². The molecule has 1 N–H and O–H groups in total. The predicted molar refractivity (Wildman–Crippen MR) is 97.4 cm³/mol. The van der Waals surface area contributed by atoms with Crippen LogP contribution in [-0.2, 0) is 20.3 Å². The van der Waals surface area contributed by atoms with Gasteiger partial charge in [0.05, 0.1) is 12.1 Å². The summed E-state index contributed by atoms with van der Waals surface area (Å²) in [6, 6.07) is 9.85. The van der Waals surface area contributed by atoms with Crippen molar-refractivity contribution < 1.29 is 4.90 Å². The Kier molecular flexibility index (Phi) is 4.96. The zero-order valence-electron chi connectivity index (χ0n) is 13.0. The minimum atomic E-state index is 0.682. The lowest BCUT2D eigenvalue weighted by Gasteiger charge is -2.12. The lowest BCUT2D eigenvalue weighted by molar-refractivity contribution is -0.917. The van der Waals surface area contributed by atoms with Gasteiger partial charge in [-0.2, -0.15) is 16.0 Å². The number of nitrogens with one attached hydrogen (secondary N) is 1. The van der Waals surface area contributed by atoms with Crippen molar-refractivity contribution in [2.45, 2.75) is 13.2 Å². The minimum Gasteiger partial charge on any atom is -0.315 e. The van der Waals surface area contributed by atoms with Crippen molar-refractivity contribution in [1.82, 2.24) is 14.3 Å². The molecule has 0 saturated heterocycles. The van der Waals surface area contributed by atoms with Crippen molar-refractivity contribution in [3.8, 4) is 11.4 Å². The van der Waals surface area contributed by atoms with E-state index in [1.807, 2.05) is 40.6 Å². The second-order valence-electron chi connectivity index (χ2n) is 5.57. The van der Waals surface area contributed by atoms with Gasteiger partial charge in [0.2, 0.25) is 4.77 Å². The van der Waals surface area contributed by atoms with Crippen LogP contribution in [0.3, 0.4) is 0 Å². The van der Waals surface area contributed by atoms with E-state index in [-0.39, 0.29) is 0 Å². The Morgan fingerprint density at radius 3 is 2.78 bits per heavy atom. The van der Waals surface area contributed by atoms with Crippen molar-refractivity contribution in [2.24, 2.45) is 7.05 Å². The highest BCUT2D eigenvalue weighted by molar-refractivity contribution is 7.71. The van der Waals surface area contributed by atoms with Crippen LogP contribution >= 0.6 is 35.2 Å². The topological polar surface area (TPSA) is 27.2 Å². The summed E-state index contributed by atoms with van der Waals surface area (Å²) in [5, 5.41) is 9.64. The number of benzene rings is 1. The number of aromatic nitrogens is 3. The Morgan fingerprint density at radius 2 is 2.09 bits per heavy atom. The van der Waals surface area contributed by atoms with Gasteiger partial charge in [-0.1, -0.05) is 23.7 Å². The number of thiophene rings is 1. The highest BCUT2D eigenvalue weighted by atomic mass is 35.5. The summed E-state index contributed by atoms with van der Waals surface area (Å²) in [6.07, 6.45) is 0. The standard InChI is InChI=1S/C16H17ClN4S2/c1-19(9-12-7-8-23-10-12)11-21-16(22)20(2)15(18-21)13-5-3-4-6-14(13)17/h3-8,10H,9,11H2,1-2H3/p+1. The Morgan fingerprint density at radius 1 is 1.30 bits per heavy atom. The van der Waals surface area contributed by atoms with Gasteiger partial charge < -0.3 is 9.47 Å². The van der Waals surface area contributed by atoms with E-state index in [2.05, 4.69) is 29.0 Å². The van der Waals surface area contributed by atoms with E-state index in [0.29, 0.717) is 16.5 Å². The van der Waals surface area contributed by atoms with Gasteiger partial charge in [-0.15, -0.1) is 5.10 Å². The minimum absolute atomic E-state index is 0.682. The highest BCUT2D eigenvalue weighted by Crippen LogP contribution is 2.25. The Balaban J connectivity index is 1.86. The first-order chi connectivity index (χ1) is 11.1. The molecule has 7 heteroatoms. The first kappa shape index (κ1) is 16.4. The van der Waals surface area contributed by atoms with Crippen LogP contribution in [0.4, 0.5) is 0 Å². The third-order valence-electron chi connectivity index (χ3n) is 3.66. The van der Waals surface area contributed by atoms with Crippen LogP contribution < -0.4 is 4.90 Å². The molecule has 0 saturated carbocycles. The van der Waals surface area contributed by atoms with Crippen molar-refractivity contribution in [1.29, 1.82) is 0 Å². The quantitative estimate of drug-likeness (QED) is 0.704. The molecule has 1 atom stereocenters. The van der Waals surface area contributed by atoms with Gasteiger partial charge in [0, 0.05) is 18.2 Å². The second kappa shape index (κ2) is 6.97. The largest absolute Gasteiger partial charge is 0.315 e. The Bertz CT molecular complexity index is 851. The number of hydrogen-bond donors (Lipinski definition) is 1. The van der Waals surface area contributed by atoms with Crippen LogP contribution in [0.2, 0.25) is 5.02 Å². The normalized spacial score (nSPS) is 12.5. The summed E-state index contributed by atoms with van der Waals surface area (Å²) < 4.78 is 4.48. The summed E-state index contributed by atoms with van der Waals surface area (Å²) in [7, 11) is 4.07. The average molecular weight is 366 g/mol.